The first-order valence-corrected chi connectivity index (χ1v) is 10.2. The highest BCUT2D eigenvalue weighted by atomic mass is 19.1. The number of halogens is 1. The number of fused-ring (bicyclic) bond motifs is 1. The number of carbonyl (C=O) groups is 3. The molecule has 0 unspecified atom stereocenters. The number of hydrogen-bond acceptors (Lipinski definition) is 4. The molecule has 2 amide bonds. The van der Waals surface area contributed by atoms with Crippen molar-refractivity contribution in [2.45, 2.75) is 31.8 Å². The molecule has 0 saturated carbocycles. The molecule has 0 radical (unpaired) electrons. The smallest absolute Gasteiger partial charge is 0.328 e. The minimum atomic E-state index is -0.932. The minimum Gasteiger partial charge on any atom is -0.467 e. The third kappa shape index (κ3) is 6.14. The molecule has 32 heavy (non-hydrogen) atoms. The molecular weight excluding hydrogens is 411 g/mol. The first-order chi connectivity index (χ1) is 15.4. The van der Waals surface area contributed by atoms with E-state index in [2.05, 4.69) is 10.6 Å². The number of amides is 2. The van der Waals surface area contributed by atoms with Crippen molar-refractivity contribution < 1.29 is 23.5 Å². The van der Waals surface area contributed by atoms with Crippen molar-refractivity contribution in [3.05, 3.63) is 83.7 Å². The maximum atomic E-state index is 13.2. The molecule has 3 aromatic rings. The summed E-state index contributed by atoms with van der Waals surface area (Å²) in [4.78, 5) is 37.0. The fraction of sp³-hybridized carbons (Fsp3) is 0.240. The van der Waals surface area contributed by atoms with Crippen LogP contribution in [0.25, 0.3) is 10.8 Å². The topological polar surface area (TPSA) is 84.5 Å². The van der Waals surface area contributed by atoms with Gasteiger partial charge in [0.05, 0.1) is 7.11 Å². The number of benzene rings is 3. The van der Waals surface area contributed by atoms with Gasteiger partial charge in [-0.05, 0) is 34.0 Å². The highest BCUT2D eigenvalue weighted by molar-refractivity contribution is 5.91. The molecule has 2 N–H and O–H groups in total. The molecule has 0 spiro atoms. The first-order valence-electron chi connectivity index (χ1n) is 10.2. The zero-order valence-corrected chi connectivity index (χ0v) is 17.9. The van der Waals surface area contributed by atoms with Crippen LogP contribution in [0.15, 0.2) is 66.7 Å². The normalized spacial score (nSPS) is 12.6. The van der Waals surface area contributed by atoms with Crippen molar-refractivity contribution in [3.63, 3.8) is 0 Å². The van der Waals surface area contributed by atoms with Crippen LogP contribution in [0.4, 0.5) is 4.39 Å². The fourth-order valence-corrected chi connectivity index (χ4v) is 3.52. The van der Waals surface area contributed by atoms with E-state index in [0.717, 1.165) is 16.3 Å². The number of nitrogens with one attached hydrogen (secondary N) is 2. The van der Waals surface area contributed by atoms with Crippen LogP contribution in [0.2, 0.25) is 0 Å². The molecule has 7 heteroatoms. The van der Waals surface area contributed by atoms with Crippen LogP contribution in [0.3, 0.4) is 0 Å². The Kier molecular flexibility index (Phi) is 7.54. The van der Waals surface area contributed by atoms with Crippen molar-refractivity contribution in [3.8, 4) is 0 Å². The number of ether oxygens (including phenoxy) is 1. The van der Waals surface area contributed by atoms with E-state index in [1.54, 1.807) is 12.1 Å². The lowest BCUT2D eigenvalue weighted by atomic mass is 10.0. The van der Waals surface area contributed by atoms with E-state index < -0.39 is 35.7 Å². The summed E-state index contributed by atoms with van der Waals surface area (Å²) >= 11 is 0. The average molecular weight is 436 g/mol. The largest absolute Gasteiger partial charge is 0.467 e. The fourth-order valence-electron chi connectivity index (χ4n) is 3.52. The third-order valence-corrected chi connectivity index (χ3v) is 5.10. The quantitative estimate of drug-likeness (QED) is 0.532. The second-order valence-electron chi connectivity index (χ2n) is 7.55. The third-order valence-electron chi connectivity index (χ3n) is 5.10. The van der Waals surface area contributed by atoms with Crippen molar-refractivity contribution in [2.24, 2.45) is 0 Å². The number of methoxy groups -OCH3 is 1. The lowest BCUT2D eigenvalue weighted by molar-refractivity contribution is -0.145. The van der Waals surface area contributed by atoms with Gasteiger partial charge in [0.2, 0.25) is 11.8 Å². The monoisotopic (exact) mass is 436 g/mol. The Balaban J connectivity index is 1.77. The maximum Gasteiger partial charge on any atom is 0.328 e. The predicted octanol–water partition coefficient (Wildman–Crippen LogP) is 2.93. The summed E-state index contributed by atoms with van der Waals surface area (Å²) in [5.74, 6) is -1.90. The van der Waals surface area contributed by atoms with Gasteiger partial charge in [0.1, 0.15) is 17.9 Å². The molecule has 0 aliphatic carbocycles. The van der Waals surface area contributed by atoms with Crippen LogP contribution in [-0.4, -0.2) is 37.0 Å². The van der Waals surface area contributed by atoms with E-state index in [1.807, 2.05) is 42.5 Å². The van der Waals surface area contributed by atoms with Crippen molar-refractivity contribution in [1.82, 2.24) is 10.6 Å². The molecule has 0 bridgehead atoms. The average Bonchev–Trinajstić information content (AvgIpc) is 2.78. The summed E-state index contributed by atoms with van der Waals surface area (Å²) in [6.45, 7) is 1.30. The lowest BCUT2D eigenvalue weighted by Crippen LogP contribution is -2.53. The molecule has 0 aliphatic heterocycles. The summed E-state index contributed by atoms with van der Waals surface area (Å²) in [6, 6.07) is 17.5. The van der Waals surface area contributed by atoms with E-state index in [9.17, 15) is 18.8 Å². The Labute approximate surface area is 185 Å². The first kappa shape index (κ1) is 22.9. The molecule has 6 nitrogen and oxygen atoms in total. The van der Waals surface area contributed by atoms with Crippen LogP contribution in [0.5, 0.6) is 0 Å². The van der Waals surface area contributed by atoms with Gasteiger partial charge in [-0.15, -0.1) is 0 Å². The molecule has 0 aromatic heterocycles. The van der Waals surface area contributed by atoms with Gasteiger partial charge in [-0.25, -0.2) is 9.18 Å². The number of esters is 1. The Morgan fingerprint density at radius 3 is 2.12 bits per heavy atom. The number of hydrogen-bond donors (Lipinski definition) is 2. The molecule has 3 aromatic carbocycles. The van der Waals surface area contributed by atoms with Crippen LogP contribution in [0.1, 0.15) is 18.1 Å². The van der Waals surface area contributed by atoms with Crippen LogP contribution in [-0.2, 0) is 32.0 Å². The van der Waals surface area contributed by atoms with Crippen molar-refractivity contribution >= 4 is 28.6 Å². The molecule has 2 atom stereocenters. The summed E-state index contributed by atoms with van der Waals surface area (Å²) in [5.41, 5.74) is 1.53. The van der Waals surface area contributed by atoms with Gasteiger partial charge in [-0.1, -0.05) is 54.6 Å². The Morgan fingerprint density at radius 1 is 0.844 bits per heavy atom. The van der Waals surface area contributed by atoms with E-state index in [-0.39, 0.29) is 12.8 Å². The van der Waals surface area contributed by atoms with Crippen LogP contribution < -0.4 is 10.6 Å². The summed E-state index contributed by atoms with van der Waals surface area (Å²) in [6.07, 6.45) is 0.377. The van der Waals surface area contributed by atoms with Gasteiger partial charge < -0.3 is 15.4 Å². The number of rotatable bonds is 8. The maximum absolute atomic E-state index is 13.2. The number of carbonyl (C=O) groups excluding carboxylic acids is 3. The molecule has 0 aliphatic rings. The zero-order valence-electron chi connectivity index (χ0n) is 17.9. The molecule has 166 valence electrons. The van der Waals surface area contributed by atoms with Crippen molar-refractivity contribution in [2.75, 3.05) is 7.11 Å². The molecule has 0 fully saturated rings. The van der Waals surface area contributed by atoms with Gasteiger partial charge in [-0.2, -0.15) is 0 Å². The van der Waals surface area contributed by atoms with Gasteiger partial charge in [-0.3, -0.25) is 9.59 Å². The SMILES string of the molecule is COC(=O)[C@@H](Cc1ccc2ccccc2c1)NC(=O)[C@H](Cc1ccc(F)cc1)NC(C)=O. The van der Waals surface area contributed by atoms with E-state index in [0.29, 0.717) is 5.56 Å². The molecular formula is C25H25FN2O4. The van der Waals surface area contributed by atoms with Gasteiger partial charge in [0.15, 0.2) is 0 Å². The van der Waals surface area contributed by atoms with Gasteiger partial charge >= 0.3 is 5.97 Å². The summed E-state index contributed by atoms with van der Waals surface area (Å²) in [7, 11) is 1.26. The van der Waals surface area contributed by atoms with Crippen molar-refractivity contribution in [1.29, 1.82) is 0 Å². The Hall–Kier alpha value is -3.74. The summed E-state index contributed by atoms with van der Waals surface area (Å²) in [5, 5.41) is 7.39. The van der Waals surface area contributed by atoms with Crippen LogP contribution >= 0.6 is 0 Å². The standard InChI is InChI=1S/C25H25FN2O4/c1-16(29)27-22(14-17-8-11-21(26)12-9-17)24(30)28-23(25(31)32-2)15-18-7-10-19-5-3-4-6-20(19)13-18/h3-13,22-23H,14-15H2,1-2H3,(H,27,29)(H,28,30)/t22-,23+/m0/s1. The lowest BCUT2D eigenvalue weighted by Gasteiger charge is -2.22. The highest BCUT2D eigenvalue weighted by Gasteiger charge is 2.27. The van der Waals surface area contributed by atoms with Crippen LogP contribution in [0, 0.1) is 5.82 Å². The van der Waals surface area contributed by atoms with Gasteiger partial charge in [0, 0.05) is 19.8 Å². The van der Waals surface area contributed by atoms with E-state index in [1.165, 1.54) is 26.2 Å². The van der Waals surface area contributed by atoms with E-state index in [4.69, 9.17) is 4.74 Å². The Bertz CT molecular complexity index is 1110. The second-order valence-corrected chi connectivity index (χ2v) is 7.55. The molecule has 0 heterocycles. The molecule has 0 saturated heterocycles. The molecule has 3 rings (SSSR count). The summed E-state index contributed by atoms with van der Waals surface area (Å²) < 4.78 is 18.1. The zero-order chi connectivity index (χ0) is 23.1. The van der Waals surface area contributed by atoms with E-state index >= 15 is 0 Å². The second kappa shape index (κ2) is 10.5. The van der Waals surface area contributed by atoms with Gasteiger partial charge in [0.25, 0.3) is 0 Å². The minimum absolute atomic E-state index is 0.148. The highest BCUT2D eigenvalue weighted by Crippen LogP contribution is 2.17. The predicted molar refractivity (Wildman–Crippen MR) is 119 cm³/mol. The Morgan fingerprint density at radius 2 is 1.47 bits per heavy atom.